The van der Waals surface area contributed by atoms with Crippen LogP contribution < -0.4 is 30.3 Å². The molecule has 3 heterocycles. The highest BCUT2D eigenvalue weighted by atomic mass is 16.5. The minimum absolute atomic E-state index is 0.154. The highest BCUT2D eigenvalue weighted by Crippen LogP contribution is 2.46. The third-order valence-corrected chi connectivity index (χ3v) is 7.98. The van der Waals surface area contributed by atoms with Crippen LogP contribution in [0.15, 0.2) is 143 Å². The largest absolute Gasteiger partial charge is 0.457 e. The Morgan fingerprint density at radius 1 is 0.929 bits per heavy atom. The van der Waals surface area contributed by atoms with Crippen molar-refractivity contribution in [3.05, 3.63) is 143 Å². The van der Waals surface area contributed by atoms with Crippen molar-refractivity contribution >= 4 is 17.2 Å². The first kappa shape index (κ1) is 25.9. The summed E-state index contributed by atoms with van der Waals surface area (Å²) in [6.07, 6.45) is 17.3. The SMILES string of the molecule is C=C1C(=O)/C(=C(/C=C\N)N2C3=C(CCC=C3)Oc3ccccc32)CNC/C=C\1N1C2=CCCC=C2Oc2ccccc21. The molecular formula is C35H32N4O3. The van der Waals surface area contributed by atoms with Crippen LogP contribution in [-0.4, -0.2) is 18.9 Å². The maximum Gasteiger partial charge on any atom is 0.193 e. The van der Waals surface area contributed by atoms with E-state index in [1.54, 1.807) is 6.08 Å². The molecule has 7 rings (SSSR count). The lowest BCUT2D eigenvalue weighted by molar-refractivity contribution is -0.112. The molecule has 0 bridgehead atoms. The van der Waals surface area contributed by atoms with Crippen LogP contribution >= 0.6 is 0 Å². The molecule has 210 valence electrons. The van der Waals surface area contributed by atoms with E-state index in [2.05, 4.69) is 46.0 Å². The average Bonchev–Trinajstić information content (AvgIpc) is 3.03. The highest BCUT2D eigenvalue weighted by Gasteiger charge is 2.36. The first-order valence-corrected chi connectivity index (χ1v) is 14.4. The van der Waals surface area contributed by atoms with Gasteiger partial charge in [0.25, 0.3) is 0 Å². The standard InChI is InChI=1S/C35H32N4O3/c1-23-25(38-27-10-2-6-14-31(27)41-32-15-7-3-11-28(32)38)19-21-37-22-24(35(23)40)26(18-20-36)39-29-12-4-8-16-33(29)42-34-17-9-5-13-30(34)39/h2,4-6,8,10-16,18-20,37H,1,3,7,9,17,21-22,36H2/b20-18-,25-19+,26-24-. The summed E-state index contributed by atoms with van der Waals surface area (Å²) in [6, 6.07) is 15.8. The third kappa shape index (κ3) is 4.30. The van der Waals surface area contributed by atoms with Crippen LogP contribution in [0, 0.1) is 0 Å². The smallest absolute Gasteiger partial charge is 0.193 e. The Kier molecular flexibility index (Phi) is 6.64. The molecule has 0 unspecified atom stereocenters. The van der Waals surface area contributed by atoms with Gasteiger partial charge in [-0.2, -0.15) is 0 Å². The van der Waals surface area contributed by atoms with E-state index in [0.29, 0.717) is 29.9 Å². The molecule has 2 aromatic carbocycles. The molecule has 3 aliphatic heterocycles. The van der Waals surface area contributed by atoms with Gasteiger partial charge in [-0.15, -0.1) is 0 Å². The number of para-hydroxylation sites is 4. The Bertz CT molecular complexity index is 1720. The van der Waals surface area contributed by atoms with Crippen molar-refractivity contribution in [3.8, 4) is 11.5 Å². The molecule has 0 fully saturated rings. The van der Waals surface area contributed by atoms with Crippen LogP contribution in [0.2, 0.25) is 0 Å². The predicted molar refractivity (Wildman–Crippen MR) is 165 cm³/mol. The molecule has 7 nitrogen and oxygen atoms in total. The van der Waals surface area contributed by atoms with Gasteiger partial charge in [0.05, 0.1) is 34.2 Å². The van der Waals surface area contributed by atoms with Gasteiger partial charge in [0.1, 0.15) is 11.5 Å². The molecule has 2 aromatic rings. The van der Waals surface area contributed by atoms with E-state index in [1.165, 1.54) is 6.20 Å². The fourth-order valence-corrected chi connectivity index (χ4v) is 6.06. The van der Waals surface area contributed by atoms with Crippen LogP contribution in [0.25, 0.3) is 0 Å². The zero-order valence-electron chi connectivity index (χ0n) is 23.3. The maximum absolute atomic E-state index is 14.6. The Morgan fingerprint density at radius 2 is 1.69 bits per heavy atom. The fraction of sp³-hybridized carbons (Fsp3) is 0.171. The Balaban J connectivity index is 1.36. The Hall–Kier alpha value is -5.01. The molecule has 0 spiro atoms. The van der Waals surface area contributed by atoms with Gasteiger partial charge >= 0.3 is 0 Å². The summed E-state index contributed by atoms with van der Waals surface area (Å²) in [7, 11) is 0. The number of nitrogens with one attached hydrogen (secondary N) is 1. The van der Waals surface area contributed by atoms with Crippen molar-refractivity contribution < 1.29 is 14.3 Å². The summed E-state index contributed by atoms with van der Waals surface area (Å²) in [5.41, 5.74) is 12.0. The number of hydrogen-bond donors (Lipinski definition) is 2. The Morgan fingerprint density at radius 3 is 2.52 bits per heavy atom. The molecule has 0 saturated heterocycles. The van der Waals surface area contributed by atoms with Gasteiger partial charge in [-0.1, -0.05) is 43.0 Å². The van der Waals surface area contributed by atoms with Crippen LogP contribution in [-0.2, 0) is 4.79 Å². The second-order valence-electron chi connectivity index (χ2n) is 10.5. The minimum atomic E-state index is -0.154. The molecule has 42 heavy (non-hydrogen) atoms. The van der Waals surface area contributed by atoms with Crippen molar-refractivity contribution in [2.45, 2.75) is 25.7 Å². The monoisotopic (exact) mass is 556 g/mol. The summed E-state index contributed by atoms with van der Waals surface area (Å²) in [6.45, 7) is 5.29. The number of hydrogen-bond acceptors (Lipinski definition) is 7. The number of nitrogens with two attached hydrogens (primary N) is 1. The molecule has 3 N–H and O–H groups in total. The molecule has 0 amide bonds. The highest BCUT2D eigenvalue weighted by molar-refractivity contribution is 6.13. The van der Waals surface area contributed by atoms with E-state index < -0.39 is 0 Å². The van der Waals surface area contributed by atoms with Crippen LogP contribution in [0.1, 0.15) is 25.7 Å². The van der Waals surface area contributed by atoms with Crippen LogP contribution in [0.4, 0.5) is 11.4 Å². The van der Waals surface area contributed by atoms with Gasteiger partial charge in [0.15, 0.2) is 17.3 Å². The normalized spacial score (nSPS) is 22.3. The van der Waals surface area contributed by atoms with Crippen molar-refractivity contribution in [1.82, 2.24) is 5.32 Å². The lowest BCUT2D eigenvalue weighted by atomic mass is 9.94. The fourth-order valence-electron chi connectivity index (χ4n) is 6.06. The average molecular weight is 557 g/mol. The number of allylic oxidation sites excluding steroid dienone is 7. The first-order valence-electron chi connectivity index (χ1n) is 14.4. The van der Waals surface area contributed by atoms with Gasteiger partial charge in [-0.05, 0) is 74.0 Å². The summed E-state index contributed by atoms with van der Waals surface area (Å²) < 4.78 is 12.6. The topological polar surface area (TPSA) is 80.1 Å². The molecule has 7 heteroatoms. The van der Waals surface area contributed by atoms with Gasteiger partial charge in [0.2, 0.25) is 0 Å². The molecule has 0 radical (unpaired) electrons. The second-order valence-corrected chi connectivity index (χ2v) is 10.5. The number of fused-ring (bicyclic) bond motifs is 3. The van der Waals surface area contributed by atoms with E-state index in [0.717, 1.165) is 77.2 Å². The van der Waals surface area contributed by atoms with Crippen molar-refractivity contribution in [3.63, 3.8) is 0 Å². The van der Waals surface area contributed by atoms with Crippen molar-refractivity contribution in [1.29, 1.82) is 0 Å². The van der Waals surface area contributed by atoms with E-state index in [4.69, 9.17) is 15.2 Å². The zero-order valence-corrected chi connectivity index (χ0v) is 23.3. The number of nitrogens with zero attached hydrogens (tertiary/aromatic N) is 2. The number of benzene rings is 2. The predicted octanol–water partition coefficient (Wildman–Crippen LogP) is 6.25. The molecule has 0 aromatic heterocycles. The van der Waals surface area contributed by atoms with Gasteiger partial charge in [-0.25, -0.2) is 0 Å². The minimum Gasteiger partial charge on any atom is -0.457 e. The van der Waals surface area contributed by atoms with Gasteiger partial charge < -0.3 is 30.3 Å². The lowest BCUT2D eigenvalue weighted by Gasteiger charge is -2.39. The molecule has 5 aliphatic rings. The molecule has 0 atom stereocenters. The number of carbonyl (C=O) groups is 1. The van der Waals surface area contributed by atoms with Crippen LogP contribution in [0.5, 0.6) is 11.5 Å². The van der Waals surface area contributed by atoms with Crippen molar-refractivity contribution in [2.75, 3.05) is 22.9 Å². The molecule has 0 saturated carbocycles. The molecular weight excluding hydrogens is 524 g/mol. The van der Waals surface area contributed by atoms with Crippen LogP contribution in [0.3, 0.4) is 0 Å². The number of anilines is 2. The number of rotatable bonds is 3. The summed E-state index contributed by atoms with van der Waals surface area (Å²) >= 11 is 0. The first-order chi connectivity index (χ1) is 20.7. The Labute approximate surface area is 245 Å². The summed E-state index contributed by atoms with van der Waals surface area (Å²) in [5, 5.41) is 3.47. The van der Waals surface area contributed by atoms with E-state index >= 15 is 0 Å². The lowest BCUT2D eigenvalue weighted by Crippen LogP contribution is -2.37. The van der Waals surface area contributed by atoms with E-state index in [1.807, 2.05) is 54.6 Å². The zero-order chi connectivity index (χ0) is 28.6. The van der Waals surface area contributed by atoms with Gasteiger partial charge in [0, 0.05) is 30.7 Å². The van der Waals surface area contributed by atoms with Crippen molar-refractivity contribution in [2.24, 2.45) is 5.73 Å². The van der Waals surface area contributed by atoms with E-state index in [9.17, 15) is 4.79 Å². The molecule has 2 aliphatic carbocycles. The maximum atomic E-state index is 14.6. The third-order valence-electron chi connectivity index (χ3n) is 7.98. The number of ether oxygens (including phenoxy) is 2. The van der Waals surface area contributed by atoms with E-state index in [-0.39, 0.29) is 5.78 Å². The van der Waals surface area contributed by atoms with Gasteiger partial charge in [-0.3, -0.25) is 4.79 Å². The number of carbonyl (C=O) groups excluding carboxylic acids is 1. The number of ketones is 1. The number of Topliss-reactive ketones (excluding diaryl/α,β-unsaturated/α-hetero) is 1. The summed E-state index contributed by atoms with van der Waals surface area (Å²) in [4.78, 5) is 18.8. The second kappa shape index (κ2) is 10.8. The quantitative estimate of drug-likeness (QED) is 0.433. The summed E-state index contributed by atoms with van der Waals surface area (Å²) in [5.74, 6) is 3.01.